The second kappa shape index (κ2) is 18.0. The molecule has 2 aromatic carbocycles. The van der Waals surface area contributed by atoms with E-state index in [2.05, 4.69) is 39.8 Å². The molecule has 0 saturated carbocycles. The van der Waals surface area contributed by atoms with Crippen LogP contribution < -0.4 is 9.47 Å². The predicted octanol–water partition coefficient (Wildman–Crippen LogP) is 10.2. The van der Waals surface area contributed by atoms with E-state index in [0.29, 0.717) is 11.5 Å². The van der Waals surface area contributed by atoms with Gasteiger partial charge in [0.25, 0.3) is 0 Å². The summed E-state index contributed by atoms with van der Waals surface area (Å²) in [6, 6.07) is 12.3. The molecule has 0 radical (unpaired) electrons. The first kappa shape index (κ1) is 29.9. The molecule has 3 nitrogen and oxygen atoms in total. The Bertz CT molecular complexity index is 815. The minimum atomic E-state index is -0.625. The molecule has 0 fully saturated rings. The highest BCUT2D eigenvalue weighted by atomic mass is 16.7. The molecule has 0 aromatic heterocycles. The number of carbonyl (C=O) groups excluding carboxylic acids is 1. The van der Waals surface area contributed by atoms with Gasteiger partial charge in [-0.15, -0.1) is 0 Å². The van der Waals surface area contributed by atoms with Crippen LogP contribution in [0.5, 0.6) is 11.5 Å². The van der Waals surface area contributed by atoms with Crippen LogP contribution in [0.25, 0.3) is 0 Å². The van der Waals surface area contributed by atoms with Crippen LogP contribution in [0, 0.1) is 0 Å². The lowest BCUT2D eigenvalue weighted by Gasteiger charge is -2.17. The lowest BCUT2D eigenvalue weighted by atomic mass is 9.96. The average molecular weight is 495 g/mol. The number of hydrogen-bond donors (Lipinski definition) is 0. The van der Waals surface area contributed by atoms with Crippen molar-refractivity contribution in [1.82, 2.24) is 0 Å². The molecule has 0 N–H and O–H groups in total. The largest absolute Gasteiger partial charge is 0.519 e. The van der Waals surface area contributed by atoms with Crippen molar-refractivity contribution in [1.29, 1.82) is 0 Å². The van der Waals surface area contributed by atoms with Gasteiger partial charge in [0.15, 0.2) is 0 Å². The normalized spacial score (nSPS) is 11.0. The van der Waals surface area contributed by atoms with Crippen molar-refractivity contribution < 1.29 is 14.3 Å². The van der Waals surface area contributed by atoms with E-state index in [1.807, 2.05) is 24.3 Å². The summed E-state index contributed by atoms with van der Waals surface area (Å²) in [6.45, 7) is 8.90. The second-order valence-electron chi connectivity index (χ2n) is 10.1. The van der Waals surface area contributed by atoms with E-state index >= 15 is 0 Å². The van der Waals surface area contributed by atoms with Gasteiger partial charge in [0.05, 0.1) is 0 Å². The monoisotopic (exact) mass is 494 g/mol. The van der Waals surface area contributed by atoms with E-state index in [4.69, 9.17) is 9.47 Å². The molecule has 0 amide bonds. The van der Waals surface area contributed by atoms with E-state index in [-0.39, 0.29) is 0 Å². The summed E-state index contributed by atoms with van der Waals surface area (Å²) in [5.41, 5.74) is 4.97. The molecule has 2 rings (SSSR count). The Balaban J connectivity index is 2.21. The Labute approximate surface area is 221 Å². The van der Waals surface area contributed by atoms with Gasteiger partial charge in [-0.05, 0) is 85.8 Å². The van der Waals surface area contributed by atoms with Crippen LogP contribution in [0.4, 0.5) is 4.79 Å². The van der Waals surface area contributed by atoms with Crippen molar-refractivity contribution in [3.8, 4) is 11.5 Å². The predicted molar refractivity (Wildman–Crippen MR) is 152 cm³/mol. The smallest absolute Gasteiger partial charge is 0.394 e. The third-order valence-corrected chi connectivity index (χ3v) is 7.01. The lowest BCUT2D eigenvalue weighted by molar-refractivity contribution is 0.151. The maximum absolute atomic E-state index is 13.0. The highest BCUT2D eigenvalue weighted by Gasteiger charge is 2.17. The van der Waals surface area contributed by atoms with Crippen LogP contribution in [-0.4, -0.2) is 6.16 Å². The molecule has 3 heteroatoms. The Hall–Kier alpha value is -2.29. The fraction of sp³-hybridized carbons (Fsp3) is 0.606. The fourth-order valence-electron chi connectivity index (χ4n) is 4.88. The molecule has 0 aliphatic heterocycles. The van der Waals surface area contributed by atoms with Gasteiger partial charge in [0.2, 0.25) is 0 Å². The Morgan fingerprint density at radius 1 is 0.528 bits per heavy atom. The van der Waals surface area contributed by atoms with E-state index < -0.39 is 6.16 Å². The molecule has 0 heterocycles. The highest BCUT2D eigenvalue weighted by Crippen LogP contribution is 2.29. The van der Waals surface area contributed by atoms with E-state index in [9.17, 15) is 4.79 Å². The van der Waals surface area contributed by atoms with Crippen molar-refractivity contribution in [2.45, 2.75) is 130 Å². The van der Waals surface area contributed by atoms with Crippen LogP contribution >= 0.6 is 0 Å². The molecular formula is C33H50O3. The number of unbranched alkanes of at least 4 members (excludes halogenated alkanes) is 8. The van der Waals surface area contributed by atoms with Crippen LogP contribution in [-0.2, 0) is 25.7 Å². The molecule has 0 unspecified atom stereocenters. The standard InChI is InChI=1S/C33H50O3/c1-5-9-13-19-27-21-17-25-31(29(27)23-15-11-7-3)35-33(34)36-32-26-18-22-28(20-14-10-6-2)30(32)24-16-12-8-4/h17-18,21-22,25-26H,5-16,19-20,23-24H2,1-4H3. The van der Waals surface area contributed by atoms with E-state index in [0.717, 1.165) is 51.4 Å². The molecule has 36 heavy (non-hydrogen) atoms. The van der Waals surface area contributed by atoms with Gasteiger partial charge >= 0.3 is 6.16 Å². The molecule has 0 bridgehead atoms. The molecule has 0 aliphatic rings. The Morgan fingerprint density at radius 2 is 0.889 bits per heavy atom. The molecule has 0 spiro atoms. The van der Waals surface area contributed by atoms with Gasteiger partial charge < -0.3 is 9.47 Å². The van der Waals surface area contributed by atoms with Crippen molar-refractivity contribution in [2.24, 2.45) is 0 Å². The third kappa shape index (κ3) is 10.4. The Morgan fingerprint density at radius 3 is 1.25 bits per heavy atom. The van der Waals surface area contributed by atoms with Gasteiger partial charge in [-0.1, -0.05) is 103 Å². The SMILES string of the molecule is CCCCCc1cccc(OC(=O)Oc2cccc(CCCCC)c2CCCCC)c1CCCCC. The topological polar surface area (TPSA) is 35.5 Å². The summed E-state index contributed by atoms with van der Waals surface area (Å²) < 4.78 is 11.8. The first-order valence-corrected chi connectivity index (χ1v) is 14.8. The van der Waals surface area contributed by atoms with Crippen LogP contribution in [0.15, 0.2) is 36.4 Å². The summed E-state index contributed by atoms with van der Waals surface area (Å²) in [5, 5.41) is 0. The first-order chi connectivity index (χ1) is 17.6. The maximum Gasteiger partial charge on any atom is 0.519 e. The van der Waals surface area contributed by atoms with Crippen LogP contribution in [0.3, 0.4) is 0 Å². The highest BCUT2D eigenvalue weighted by molar-refractivity contribution is 5.69. The van der Waals surface area contributed by atoms with E-state index in [1.54, 1.807) is 0 Å². The number of benzene rings is 2. The van der Waals surface area contributed by atoms with Crippen molar-refractivity contribution in [3.05, 3.63) is 58.7 Å². The summed E-state index contributed by atoms with van der Waals surface area (Å²) in [7, 11) is 0. The molecule has 0 atom stereocenters. The van der Waals surface area contributed by atoms with Crippen LogP contribution in [0.1, 0.15) is 127 Å². The number of rotatable bonds is 18. The third-order valence-electron chi connectivity index (χ3n) is 7.01. The zero-order chi connectivity index (χ0) is 26.0. The molecule has 0 aliphatic carbocycles. The zero-order valence-electron chi connectivity index (χ0n) is 23.5. The quantitative estimate of drug-likeness (QED) is 0.117. The minimum absolute atomic E-state index is 0.625. The average Bonchev–Trinajstić information content (AvgIpc) is 2.87. The second-order valence-corrected chi connectivity index (χ2v) is 10.1. The summed E-state index contributed by atoms with van der Waals surface area (Å²) in [4.78, 5) is 13.0. The first-order valence-electron chi connectivity index (χ1n) is 14.8. The van der Waals surface area contributed by atoms with Gasteiger partial charge in [0, 0.05) is 0 Å². The number of hydrogen-bond acceptors (Lipinski definition) is 3. The van der Waals surface area contributed by atoms with E-state index in [1.165, 1.54) is 73.6 Å². The number of carbonyl (C=O) groups is 1. The number of ether oxygens (including phenoxy) is 2. The molecule has 200 valence electrons. The minimum Gasteiger partial charge on any atom is -0.394 e. The van der Waals surface area contributed by atoms with Crippen molar-refractivity contribution in [2.75, 3.05) is 0 Å². The zero-order valence-corrected chi connectivity index (χ0v) is 23.5. The number of aryl methyl sites for hydroxylation is 2. The summed E-state index contributed by atoms with van der Waals surface area (Å²) in [5.74, 6) is 1.33. The summed E-state index contributed by atoms with van der Waals surface area (Å²) >= 11 is 0. The maximum atomic E-state index is 13.0. The fourth-order valence-corrected chi connectivity index (χ4v) is 4.88. The van der Waals surface area contributed by atoms with Crippen molar-refractivity contribution >= 4 is 6.16 Å². The van der Waals surface area contributed by atoms with Gasteiger partial charge in [-0.25, -0.2) is 4.79 Å². The van der Waals surface area contributed by atoms with Crippen molar-refractivity contribution in [3.63, 3.8) is 0 Å². The van der Waals surface area contributed by atoms with Gasteiger partial charge in [0.1, 0.15) is 11.5 Å². The summed E-state index contributed by atoms with van der Waals surface area (Å²) in [6.07, 6.45) is 17.4. The molecule has 0 saturated heterocycles. The lowest BCUT2D eigenvalue weighted by Crippen LogP contribution is -2.17. The van der Waals surface area contributed by atoms with Gasteiger partial charge in [-0.3, -0.25) is 0 Å². The molecular weight excluding hydrogens is 444 g/mol. The molecule has 2 aromatic rings. The van der Waals surface area contributed by atoms with Gasteiger partial charge in [-0.2, -0.15) is 0 Å². The Kier molecular flexibility index (Phi) is 15.0. The van der Waals surface area contributed by atoms with Crippen LogP contribution in [0.2, 0.25) is 0 Å².